The molecule has 9 nitrogen and oxygen atoms in total. The van der Waals surface area contributed by atoms with E-state index < -0.39 is 105 Å². The van der Waals surface area contributed by atoms with Gasteiger partial charge in [0.1, 0.15) is 23.6 Å². The first kappa shape index (κ1) is 29.4. The topological polar surface area (TPSA) is 129 Å². The predicted octanol–water partition coefficient (Wildman–Crippen LogP) is 4.55. The van der Waals surface area contributed by atoms with E-state index in [0.717, 1.165) is 6.07 Å². The Balaban J connectivity index is 1.57. The number of halogens is 8. The zero-order valence-electron chi connectivity index (χ0n) is 20.6. The van der Waals surface area contributed by atoms with Crippen LogP contribution in [0.4, 0.5) is 40.9 Å². The zero-order valence-corrected chi connectivity index (χ0v) is 20.6. The van der Waals surface area contributed by atoms with E-state index >= 15 is 0 Å². The van der Waals surface area contributed by atoms with Crippen LogP contribution in [-0.4, -0.2) is 37.0 Å². The maximum atomic E-state index is 15.0. The second-order valence-electron chi connectivity index (χ2n) is 8.84. The van der Waals surface area contributed by atoms with Crippen molar-refractivity contribution in [2.45, 2.75) is 44.8 Å². The predicted molar refractivity (Wildman–Crippen MR) is 128 cm³/mol. The standard InChI is InChI=1S/C24H18F8N6O3/c1-9(41-17-6-35-37-22(39)18(17)24(30,31)32)2-10(25)7-38-8-16(27)11-3-13(15(26)4-12(11)23(38)40)21-34-5-14(19(28)29)20(33)36-21/h3-6,8-10,19H,2,7H2,1H3,(H,37,39)(H2,33,34,36)/t9-,10+/m0/s1. The number of pyridine rings is 1. The minimum atomic E-state index is -5.08. The molecule has 0 amide bonds. The molecule has 218 valence electrons. The lowest BCUT2D eigenvalue weighted by molar-refractivity contribution is -0.140. The first-order chi connectivity index (χ1) is 19.2. The van der Waals surface area contributed by atoms with E-state index in [1.165, 1.54) is 6.92 Å². The van der Waals surface area contributed by atoms with Gasteiger partial charge in [0.15, 0.2) is 17.1 Å². The van der Waals surface area contributed by atoms with Crippen LogP contribution in [0.1, 0.15) is 30.9 Å². The quantitative estimate of drug-likeness (QED) is 0.288. The second kappa shape index (κ2) is 11.1. The van der Waals surface area contributed by atoms with Crippen LogP contribution in [0.3, 0.4) is 0 Å². The van der Waals surface area contributed by atoms with Crippen molar-refractivity contribution in [3.05, 3.63) is 74.2 Å². The molecule has 1 aromatic carbocycles. The SMILES string of the molecule is C[C@@H](C[C@@H](F)Cn1cc(F)c2cc(-c3ncc(C(F)F)c(N)n3)c(F)cc2c1=O)Oc1cn[nH]c(=O)c1C(F)(F)F. The van der Waals surface area contributed by atoms with E-state index in [0.29, 0.717) is 29.2 Å². The van der Waals surface area contributed by atoms with Crippen LogP contribution in [0.5, 0.6) is 5.75 Å². The van der Waals surface area contributed by atoms with Gasteiger partial charge in [-0.1, -0.05) is 0 Å². The van der Waals surface area contributed by atoms with Crippen molar-refractivity contribution in [3.63, 3.8) is 0 Å². The van der Waals surface area contributed by atoms with Crippen molar-refractivity contribution in [3.8, 4) is 17.1 Å². The van der Waals surface area contributed by atoms with E-state index in [4.69, 9.17) is 10.5 Å². The average molecular weight is 590 g/mol. The highest BCUT2D eigenvalue weighted by atomic mass is 19.4. The molecule has 3 N–H and O–H groups in total. The molecule has 3 heterocycles. The molecule has 4 rings (SSSR count). The van der Waals surface area contributed by atoms with Gasteiger partial charge in [0.2, 0.25) is 0 Å². The Kier molecular flexibility index (Phi) is 7.98. The molecule has 0 spiro atoms. The van der Waals surface area contributed by atoms with E-state index in [2.05, 4.69) is 15.1 Å². The lowest BCUT2D eigenvalue weighted by atomic mass is 10.1. The first-order valence-electron chi connectivity index (χ1n) is 11.6. The van der Waals surface area contributed by atoms with Gasteiger partial charge in [-0.25, -0.2) is 37.0 Å². The number of benzene rings is 1. The summed E-state index contributed by atoms with van der Waals surface area (Å²) in [6, 6.07) is 1.52. The monoisotopic (exact) mass is 590 g/mol. The average Bonchev–Trinajstić information content (AvgIpc) is 2.85. The number of aromatic nitrogens is 5. The number of H-pyrrole nitrogens is 1. The van der Waals surface area contributed by atoms with E-state index in [-0.39, 0.29) is 0 Å². The summed E-state index contributed by atoms with van der Waals surface area (Å²) in [7, 11) is 0. The molecule has 0 aliphatic rings. The van der Waals surface area contributed by atoms with Gasteiger partial charge in [0.05, 0.1) is 35.4 Å². The summed E-state index contributed by atoms with van der Waals surface area (Å²) in [6.07, 6.45) is -9.95. The van der Waals surface area contributed by atoms with Crippen molar-refractivity contribution in [1.29, 1.82) is 0 Å². The van der Waals surface area contributed by atoms with Gasteiger partial charge in [0, 0.05) is 24.2 Å². The number of rotatable bonds is 8. The summed E-state index contributed by atoms with van der Waals surface area (Å²) in [5, 5.41) is 3.96. The number of hydrogen-bond donors (Lipinski definition) is 2. The third kappa shape index (κ3) is 6.12. The molecule has 3 aromatic heterocycles. The Morgan fingerprint density at radius 3 is 2.41 bits per heavy atom. The number of nitrogens with one attached hydrogen (secondary N) is 1. The number of nitrogens with zero attached hydrogens (tertiary/aromatic N) is 4. The fraction of sp³-hybridized carbons (Fsp3) is 0.292. The lowest BCUT2D eigenvalue weighted by Gasteiger charge is -2.19. The normalized spacial score (nSPS) is 13.5. The third-order valence-corrected chi connectivity index (χ3v) is 5.86. The van der Waals surface area contributed by atoms with Gasteiger partial charge in [-0.3, -0.25) is 9.59 Å². The molecule has 0 saturated heterocycles. The Morgan fingerprint density at radius 2 is 1.78 bits per heavy atom. The van der Waals surface area contributed by atoms with Crippen LogP contribution in [0, 0.1) is 11.6 Å². The Morgan fingerprint density at radius 1 is 1.07 bits per heavy atom. The molecule has 41 heavy (non-hydrogen) atoms. The van der Waals surface area contributed by atoms with Crippen LogP contribution in [0.15, 0.2) is 40.3 Å². The Bertz CT molecular complexity index is 1720. The van der Waals surface area contributed by atoms with Gasteiger partial charge in [-0.05, 0) is 19.1 Å². The van der Waals surface area contributed by atoms with Crippen LogP contribution in [-0.2, 0) is 12.7 Å². The van der Waals surface area contributed by atoms with Crippen molar-refractivity contribution in [2.75, 3.05) is 5.73 Å². The van der Waals surface area contributed by atoms with E-state index in [1.807, 2.05) is 0 Å². The number of nitrogen functional groups attached to an aromatic ring is 1. The fourth-order valence-corrected chi connectivity index (χ4v) is 4.03. The van der Waals surface area contributed by atoms with E-state index in [9.17, 15) is 44.7 Å². The molecule has 4 aromatic rings. The minimum absolute atomic E-state index is 0.406. The maximum absolute atomic E-state index is 15.0. The number of anilines is 1. The molecule has 0 aliphatic heterocycles. The van der Waals surface area contributed by atoms with Crippen molar-refractivity contribution < 1.29 is 39.9 Å². The highest BCUT2D eigenvalue weighted by Gasteiger charge is 2.38. The summed E-state index contributed by atoms with van der Waals surface area (Å²) < 4.78 is 116. The molecule has 0 saturated carbocycles. The smallest absolute Gasteiger partial charge is 0.425 e. The van der Waals surface area contributed by atoms with Crippen molar-refractivity contribution in [2.24, 2.45) is 0 Å². The molecule has 2 atom stereocenters. The summed E-state index contributed by atoms with van der Waals surface area (Å²) in [4.78, 5) is 31.7. The molecule has 0 radical (unpaired) electrons. The number of hydrogen-bond acceptors (Lipinski definition) is 7. The summed E-state index contributed by atoms with van der Waals surface area (Å²) in [6.45, 7) is 0.425. The molecular weight excluding hydrogens is 572 g/mol. The third-order valence-electron chi connectivity index (χ3n) is 5.86. The van der Waals surface area contributed by atoms with Crippen LogP contribution in [0.2, 0.25) is 0 Å². The number of alkyl halides is 6. The zero-order chi connectivity index (χ0) is 30.2. The summed E-state index contributed by atoms with van der Waals surface area (Å²) in [5.74, 6) is -4.22. The van der Waals surface area contributed by atoms with Crippen molar-refractivity contribution in [1.82, 2.24) is 24.7 Å². The van der Waals surface area contributed by atoms with Gasteiger partial charge in [0.25, 0.3) is 17.5 Å². The van der Waals surface area contributed by atoms with Gasteiger partial charge in [-0.15, -0.1) is 0 Å². The fourth-order valence-electron chi connectivity index (χ4n) is 4.03. The minimum Gasteiger partial charge on any atom is -0.488 e. The van der Waals surface area contributed by atoms with Crippen LogP contribution >= 0.6 is 0 Å². The highest BCUT2D eigenvalue weighted by molar-refractivity contribution is 5.86. The van der Waals surface area contributed by atoms with Crippen LogP contribution < -0.4 is 21.6 Å². The lowest BCUT2D eigenvalue weighted by Crippen LogP contribution is -2.29. The number of fused-ring (bicyclic) bond motifs is 1. The molecule has 17 heteroatoms. The van der Waals surface area contributed by atoms with Crippen LogP contribution in [0.25, 0.3) is 22.2 Å². The number of nitrogens with two attached hydrogens (primary N) is 1. The maximum Gasteiger partial charge on any atom is 0.425 e. The Labute approximate surface area is 223 Å². The second-order valence-corrected chi connectivity index (χ2v) is 8.84. The molecule has 0 bridgehead atoms. The summed E-state index contributed by atoms with van der Waals surface area (Å²) in [5.41, 5.74) is 0.0905. The van der Waals surface area contributed by atoms with E-state index in [1.54, 1.807) is 5.10 Å². The first-order valence-corrected chi connectivity index (χ1v) is 11.6. The molecule has 0 unspecified atom stereocenters. The van der Waals surface area contributed by atoms with Gasteiger partial charge >= 0.3 is 6.18 Å². The number of aromatic amines is 1. The van der Waals surface area contributed by atoms with Gasteiger partial charge in [-0.2, -0.15) is 18.3 Å². The highest BCUT2D eigenvalue weighted by Crippen LogP contribution is 2.33. The number of ether oxygens (including phenoxy) is 1. The largest absolute Gasteiger partial charge is 0.488 e. The summed E-state index contributed by atoms with van der Waals surface area (Å²) >= 11 is 0. The van der Waals surface area contributed by atoms with Gasteiger partial charge < -0.3 is 15.0 Å². The molecular formula is C24H18F8N6O3. The molecule has 0 fully saturated rings. The molecule has 0 aliphatic carbocycles. The Hall–Kier alpha value is -4.57. The van der Waals surface area contributed by atoms with Crippen molar-refractivity contribution >= 4 is 16.6 Å².